The van der Waals surface area contributed by atoms with Crippen LogP contribution in [0.1, 0.15) is 40.5 Å². The fraction of sp³-hybridized carbons (Fsp3) is 1.00. The smallest absolute Gasteiger partial charge is 0.0198 e. The predicted octanol–water partition coefficient (Wildman–Crippen LogP) is 1.86. The van der Waals surface area contributed by atoms with Crippen molar-refractivity contribution in [1.82, 2.24) is 10.2 Å². The topological polar surface area (TPSA) is 15.3 Å². The number of rotatable bonds is 2. The minimum atomic E-state index is 0.426. The molecular formula is C12H24N2. The van der Waals surface area contributed by atoms with Crippen LogP contribution in [0.5, 0.6) is 0 Å². The summed E-state index contributed by atoms with van der Waals surface area (Å²) in [5, 5.41) is 3.55. The van der Waals surface area contributed by atoms with Gasteiger partial charge in [0.25, 0.3) is 0 Å². The second-order valence-corrected chi connectivity index (χ2v) is 5.74. The van der Waals surface area contributed by atoms with E-state index in [0.29, 0.717) is 17.6 Å². The predicted molar refractivity (Wildman–Crippen MR) is 60.4 cm³/mol. The molecule has 2 atom stereocenters. The molecule has 2 aliphatic rings. The highest BCUT2D eigenvalue weighted by Crippen LogP contribution is 2.43. The SMILES string of the molecule is CC1CN(C(C)(C)C2CC2)C(C)CN1. The Morgan fingerprint density at radius 2 is 1.86 bits per heavy atom. The van der Waals surface area contributed by atoms with E-state index in [1.54, 1.807) is 0 Å². The van der Waals surface area contributed by atoms with Crippen molar-refractivity contribution in [3.8, 4) is 0 Å². The van der Waals surface area contributed by atoms with Crippen molar-refractivity contribution in [3.63, 3.8) is 0 Å². The van der Waals surface area contributed by atoms with Crippen LogP contribution in [0.4, 0.5) is 0 Å². The van der Waals surface area contributed by atoms with E-state index in [1.807, 2.05) is 0 Å². The van der Waals surface area contributed by atoms with Gasteiger partial charge in [0, 0.05) is 30.7 Å². The second kappa shape index (κ2) is 3.49. The fourth-order valence-corrected chi connectivity index (χ4v) is 2.85. The molecule has 0 spiro atoms. The number of nitrogens with one attached hydrogen (secondary N) is 1. The van der Waals surface area contributed by atoms with Crippen molar-refractivity contribution >= 4 is 0 Å². The Morgan fingerprint density at radius 1 is 1.21 bits per heavy atom. The van der Waals surface area contributed by atoms with E-state index in [0.717, 1.165) is 12.5 Å². The number of hydrogen-bond acceptors (Lipinski definition) is 2. The summed E-state index contributed by atoms with van der Waals surface area (Å²) in [5.74, 6) is 0.954. The molecule has 1 heterocycles. The first-order valence-electron chi connectivity index (χ1n) is 6.02. The molecule has 0 radical (unpaired) electrons. The normalized spacial score (nSPS) is 36.0. The highest BCUT2D eigenvalue weighted by molar-refractivity contribution is 5.00. The molecule has 0 aromatic rings. The Morgan fingerprint density at radius 3 is 2.43 bits per heavy atom. The molecule has 1 aliphatic heterocycles. The summed E-state index contributed by atoms with van der Waals surface area (Å²) in [4.78, 5) is 2.71. The summed E-state index contributed by atoms with van der Waals surface area (Å²) in [7, 11) is 0. The standard InChI is InChI=1S/C12H24N2/c1-9-8-14(10(2)7-13-9)12(3,4)11-5-6-11/h9-11,13H,5-8H2,1-4H3. The van der Waals surface area contributed by atoms with Gasteiger partial charge >= 0.3 is 0 Å². The number of nitrogens with zero attached hydrogens (tertiary/aromatic N) is 1. The van der Waals surface area contributed by atoms with Crippen LogP contribution in [0.2, 0.25) is 0 Å². The third-order valence-electron chi connectivity index (χ3n) is 4.08. The molecule has 1 saturated heterocycles. The average molecular weight is 196 g/mol. The van der Waals surface area contributed by atoms with Crippen molar-refractivity contribution in [3.05, 3.63) is 0 Å². The van der Waals surface area contributed by atoms with Crippen LogP contribution in [-0.4, -0.2) is 35.6 Å². The monoisotopic (exact) mass is 196 g/mol. The Kier molecular flexibility index (Phi) is 2.61. The summed E-state index contributed by atoms with van der Waals surface area (Å²) < 4.78 is 0. The zero-order valence-corrected chi connectivity index (χ0v) is 10.0. The lowest BCUT2D eigenvalue weighted by atomic mass is 9.92. The molecule has 0 amide bonds. The van der Waals surface area contributed by atoms with Gasteiger partial charge in [-0.15, -0.1) is 0 Å². The van der Waals surface area contributed by atoms with Gasteiger partial charge in [0.1, 0.15) is 0 Å². The molecule has 2 heteroatoms. The maximum Gasteiger partial charge on any atom is 0.0198 e. The van der Waals surface area contributed by atoms with Crippen LogP contribution in [0.3, 0.4) is 0 Å². The second-order valence-electron chi connectivity index (χ2n) is 5.74. The molecule has 1 aliphatic carbocycles. The zero-order chi connectivity index (χ0) is 10.3. The molecule has 1 saturated carbocycles. The Hall–Kier alpha value is -0.0800. The number of piperazine rings is 1. The van der Waals surface area contributed by atoms with Gasteiger partial charge in [0.2, 0.25) is 0 Å². The van der Waals surface area contributed by atoms with Gasteiger partial charge in [-0.1, -0.05) is 0 Å². The highest BCUT2D eigenvalue weighted by Gasteiger charge is 2.44. The Balaban J connectivity index is 2.06. The van der Waals surface area contributed by atoms with E-state index in [-0.39, 0.29) is 0 Å². The van der Waals surface area contributed by atoms with Gasteiger partial charge in [-0.2, -0.15) is 0 Å². The summed E-state index contributed by atoms with van der Waals surface area (Å²) >= 11 is 0. The molecule has 2 unspecified atom stereocenters. The summed E-state index contributed by atoms with van der Waals surface area (Å²) in [6, 6.07) is 1.35. The van der Waals surface area contributed by atoms with Gasteiger partial charge in [0.05, 0.1) is 0 Å². The lowest BCUT2D eigenvalue weighted by Crippen LogP contribution is -2.61. The maximum absolute atomic E-state index is 3.55. The van der Waals surface area contributed by atoms with Crippen LogP contribution in [0, 0.1) is 5.92 Å². The van der Waals surface area contributed by atoms with E-state index >= 15 is 0 Å². The van der Waals surface area contributed by atoms with E-state index in [9.17, 15) is 0 Å². The number of hydrogen-bond donors (Lipinski definition) is 1. The van der Waals surface area contributed by atoms with Crippen molar-refractivity contribution in [2.24, 2.45) is 5.92 Å². The van der Waals surface area contributed by atoms with E-state index in [1.165, 1.54) is 19.4 Å². The third kappa shape index (κ3) is 1.82. The first kappa shape index (κ1) is 10.4. The minimum absolute atomic E-state index is 0.426. The molecule has 0 aromatic heterocycles. The average Bonchev–Trinajstić information content (AvgIpc) is 2.91. The summed E-state index contributed by atoms with van der Waals surface area (Å²) in [6.07, 6.45) is 2.88. The van der Waals surface area contributed by atoms with Crippen LogP contribution < -0.4 is 5.32 Å². The van der Waals surface area contributed by atoms with Crippen LogP contribution in [-0.2, 0) is 0 Å². The van der Waals surface area contributed by atoms with Crippen molar-refractivity contribution < 1.29 is 0 Å². The zero-order valence-electron chi connectivity index (χ0n) is 10.0. The molecule has 1 N–H and O–H groups in total. The van der Waals surface area contributed by atoms with Crippen LogP contribution in [0.25, 0.3) is 0 Å². The van der Waals surface area contributed by atoms with Crippen molar-refractivity contribution in [2.75, 3.05) is 13.1 Å². The fourth-order valence-electron chi connectivity index (χ4n) is 2.85. The van der Waals surface area contributed by atoms with E-state index in [2.05, 4.69) is 37.9 Å². The molecule has 2 rings (SSSR count). The summed E-state index contributed by atoms with van der Waals surface area (Å²) in [6.45, 7) is 11.9. The van der Waals surface area contributed by atoms with Gasteiger partial charge < -0.3 is 5.32 Å². The molecule has 2 fully saturated rings. The molecule has 0 bridgehead atoms. The van der Waals surface area contributed by atoms with Gasteiger partial charge in [-0.3, -0.25) is 4.90 Å². The maximum atomic E-state index is 3.55. The largest absolute Gasteiger partial charge is 0.311 e. The van der Waals surface area contributed by atoms with Crippen LogP contribution >= 0.6 is 0 Å². The van der Waals surface area contributed by atoms with Gasteiger partial charge in [0.15, 0.2) is 0 Å². The first-order chi connectivity index (χ1) is 6.51. The van der Waals surface area contributed by atoms with Gasteiger partial charge in [-0.25, -0.2) is 0 Å². The minimum Gasteiger partial charge on any atom is -0.311 e. The van der Waals surface area contributed by atoms with Crippen molar-refractivity contribution in [2.45, 2.75) is 58.2 Å². The Bertz CT molecular complexity index is 208. The molecule has 82 valence electrons. The van der Waals surface area contributed by atoms with Crippen molar-refractivity contribution in [1.29, 1.82) is 0 Å². The molecular weight excluding hydrogens is 172 g/mol. The van der Waals surface area contributed by atoms with Crippen LogP contribution in [0.15, 0.2) is 0 Å². The lowest BCUT2D eigenvalue weighted by molar-refractivity contribution is 0.0273. The first-order valence-corrected chi connectivity index (χ1v) is 6.02. The molecule has 0 aromatic carbocycles. The highest BCUT2D eigenvalue weighted by atomic mass is 15.3. The lowest BCUT2D eigenvalue weighted by Gasteiger charge is -2.48. The molecule has 2 nitrogen and oxygen atoms in total. The van der Waals surface area contributed by atoms with Gasteiger partial charge in [-0.05, 0) is 46.5 Å². The quantitative estimate of drug-likeness (QED) is 0.725. The summed E-state index contributed by atoms with van der Waals surface area (Å²) in [5.41, 5.74) is 0.426. The van der Waals surface area contributed by atoms with E-state index < -0.39 is 0 Å². The van der Waals surface area contributed by atoms with E-state index in [4.69, 9.17) is 0 Å². The molecule has 14 heavy (non-hydrogen) atoms. The Labute approximate surface area is 88.1 Å². The third-order valence-corrected chi connectivity index (χ3v) is 4.08.